The second kappa shape index (κ2) is 6.95. The maximum atomic E-state index is 5.79. The molecule has 1 rings (SSSR count). The van der Waals surface area contributed by atoms with E-state index in [1.165, 1.54) is 0 Å². The molecule has 4 heteroatoms. The van der Waals surface area contributed by atoms with E-state index in [0.29, 0.717) is 24.7 Å². The molecule has 90 valence electrons. The van der Waals surface area contributed by atoms with Gasteiger partial charge in [-0.1, -0.05) is 6.92 Å². The Hall–Kier alpha value is -1.42. The van der Waals surface area contributed by atoms with Crippen LogP contribution in [0.3, 0.4) is 0 Å². The monoisotopic (exact) mass is 225 g/mol. The molecule has 0 saturated heterocycles. The van der Waals surface area contributed by atoms with Gasteiger partial charge in [0.2, 0.25) is 0 Å². The van der Waals surface area contributed by atoms with Crippen LogP contribution in [-0.4, -0.2) is 26.9 Å². The van der Waals surface area contributed by atoms with Gasteiger partial charge in [-0.15, -0.1) is 0 Å². The molecule has 0 unspecified atom stereocenters. The van der Waals surface area contributed by atoms with Crippen molar-refractivity contribution < 1.29 is 14.2 Å². The van der Waals surface area contributed by atoms with E-state index in [1.54, 1.807) is 19.2 Å². The maximum Gasteiger partial charge on any atom is 0.142 e. The Labute approximate surface area is 96.3 Å². The number of anilines is 1. The summed E-state index contributed by atoms with van der Waals surface area (Å²) in [4.78, 5) is 0. The van der Waals surface area contributed by atoms with Crippen LogP contribution in [0.15, 0.2) is 18.2 Å². The molecule has 16 heavy (non-hydrogen) atoms. The van der Waals surface area contributed by atoms with E-state index in [0.717, 1.165) is 18.8 Å². The predicted molar refractivity (Wildman–Crippen MR) is 64.0 cm³/mol. The van der Waals surface area contributed by atoms with Crippen LogP contribution in [0.25, 0.3) is 0 Å². The van der Waals surface area contributed by atoms with Crippen molar-refractivity contribution in [1.29, 1.82) is 0 Å². The molecular weight excluding hydrogens is 206 g/mol. The summed E-state index contributed by atoms with van der Waals surface area (Å²) in [5, 5.41) is 0. The number of rotatable bonds is 7. The molecular formula is C12H19NO3. The molecule has 2 N–H and O–H groups in total. The minimum atomic E-state index is 0.510. The fraction of sp³-hybridized carbons (Fsp3) is 0.500. The minimum absolute atomic E-state index is 0.510. The number of hydrogen-bond acceptors (Lipinski definition) is 4. The number of benzene rings is 1. The quantitative estimate of drug-likeness (QED) is 0.570. The van der Waals surface area contributed by atoms with Gasteiger partial charge in [0.1, 0.15) is 18.1 Å². The maximum absolute atomic E-state index is 5.79. The van der Waals surface area contributed by atoms with Gasteiger partial charge >= 0.3 is 0 Å². The lowest BCUT2D eigenvalue weighted by Crippen LogP contribution is -2.08. The van der Waals surface area contributed by atoms with Crippen LogP contribution in [0.5, 0.6) is 11.5 Å². The van der Waals surface area contributed by atoms with E-state index >= 15 is 0 Å². The SMILES string of the molecule is CCCOCCOc1ccc(OC)cc1N. The highest BCUT2D eigenvalue weighted by Gasteiger charge is 2.01. The van der Waals surface area contributed by atoms with Crippen LogP contribution in [0, 0.1) is 0 Å². The average molecular weight is 225 g/mol. The molecule has 0 atom stereocenters. The summed E-state index contributed by atoms with van der Waals surface area (Å²) < 4.78 is 15.8. The lowest BCUT2D eigenvalue weighted by molar-refractivity contribution is 0.101. The molecule has 1 aromatic rings. The Bertz CT molecular complexity index is 315. The lowest BCUT2D eigenvalue weighted by Gasteiger charge is -2.10. The first-order valence-corrected chi connectivity index (χ1v) is 5.42. The molecule has 0 fully saturated rings. The van der Waals surface area contributed by atoms with Gasteiger partial charge in [-0.05, 0) is 18.6 Å². The lowest BCUT2D eigenvalue weighted by atomic mass is 10.3. The van der Waals surface area contributed by atoms with E-state index in [4.69, 9.17) is 19.9 Å². The van der Waals surface area contributed by atoms with Crippen molar-refractivity contribution in [2.45, 2.75) is 13.3 Å². The summed E-state index contributed by atoms with van der Waals surface area (Å²) in [6.45, 7) is 3.93. The number of nitrogen functional groups attached to an aromatic ring is 1. The first kappa shape index (κ1) is 12.6. The van der Waals surface area contributed by atoms with Crippen molar-refractivity contribution in [3.05, 3.63) is 18.2 Å². The molecule has 0 radical (unpaired) electrons. The minimum Gasteiger partial charge on any atom is -0.497 e. The summed E-state index contributed by atoms with van der Waals surface area (Å²) in [6, 6.07) is 5.36. The molecule has 1 aromatic carbocycles. The molecule has 0 aromatic heterocycles. The predicted octanol–water partition coefficient (Wildman–Crippen LogP) is 2.08. The third kappa shape index (κ3) is 3.98. The Kier molecular flexibility index (Phi) is 5.50. The standard InChI is InChI=1S/C12H19NO3/c1-3-6-15-7-8-16-12-5-4-10(14-2)9-11(12)13/h4-5,9H,3,6-8,13H2,1-2H3. The largest absolute Gasteiger partial charge is 0.497 e. The van der Waals surface area contributed by atoms with Crippen LogP contribution < -0.4 is 15.2 Å². The molecule has 0 spiro atoms. The Morgan fingerprint density at radius 3 is 2.62 bits per heavy atom. The molecule has 0 aliphatic heterocycles. The van der Waals surface area contributed by atoms with Gasteiger partial charge in [0.25, 0.3) is 0 Å². The van der Waals surface area contributed by atoms with E-state index in [2.05, 4.69) is 6.92 Å². The summed E-state index contributed by atoms with van der Waals surface area (Å²) >= 11 is 0. The second-order valence-corrected chi connectivity index (χ2v) is 3.36. The second-order valence-electron chi connectivity index (χ2n) is 3.36. The van der Waals surface area contributed by atoms with E-state index in [1.807, 2.05) is 6.07 Å². The molecule has 0 aliphatic rings. The average Bonchev–Trinajstić information content (AvgIpc) is 2.30. The summed E-state index contributed by atoms with van der Waals surface area (Å²) in [6.07, 6.45) is 1.02. The van der Waals surface area contributed by atoms with Gasteiger partial charge in [0.05, 0.1) is 19.4 Å². The Balaban J connectivity index is 2.36. The third-order valence-electron chi connectivity index (χ3n) is 2.05. The van der Waals surface area contributed by atoms with E-state index < -0.39 is 0 Å². The number of methoxy groups -OCH3 is 1. The highest BCUT2D eigenvalue weighted by atomic mass is 16.5. The molecule has 0 bridgehead atoms. The Morgan fingerprint density at radius 2 is 2.00 bits per heavy atom. The van der Waals surface area contributed by atoms with Crippen molar-refractivity contribution in [3.8, 4) is 11.5 Å². The van der Waals surface area contributed by atoms with Crippen LogP contribution in [0.1, 0.15) is 13.3 Å². The summed E-state index contributed by atoms with van der Waals surface area (Å²) in [5.41, 5.74) is 6.37. The van der Waals surface area contributed by atoms with Crippen molar-refractivity contribution in [1.82, 2.24) is 0 Å². The molecule has 0 heterocycles. The zero-order chi connectivity index (χ0) is 11.8. The van der Waals surface area contributed by atoms with Gasteiger partial charge in [-0.25, -0.2) is 0 Å². The van der Waals surface area contributed by atoms with Gasteiger partial charge in [0, 0.05) is 12.7 Å². The normalized spacial score (nSPS) is 10.1. The topological polar surface area (TPSA) is 53.7 Å². The van der Waals surface area contributed by atoms with Crippen LogP contribution >= 0.6 is 0 Å². The summed E-state index contributed by atoms with van der Waals surface area (Å²) in [5.74, 6) is 1.40. The summed E-state index contributed by atoms with van der Waals surface area (Å²) in [7, 11) is 1.61. The highest BCUT2D eigenvalue weighted by molar-refractivity contribution is 5.56. The molecule has 0 amide bonds. The molecule has 0 saturated carbocycles. The number of nitrogens with two attached hydrogens (primary N) is 1. The van der Waals surface area contributed by atoms with Crippen molar-refractivity contribution in [2.24, 2.45) is 0 Å². The zero-order valence-electron chi connectivity index (χ0n) is 9.86. The van der Waals surface area contributed by atoms with Crippen LogP contribution in [0.2, 0.25) is 0 Å². The van der Waals surface area contributed by atoms with E-state index in [9.17, 15) is 0 Å². The fourth-order valence-electron chi connectivity index (χ4n) is 1.24. The third-order valence-corrected chi connectivity index (χ3v) is 2.05. The first-order valence-electron chi connectivity index (χ1n) is 5.42. The first-order chi connectivity index (χ1) is 7.77. The van der Waals surface area contributed by atoms with E-state index in [-0.39, 0.29) is 0 Å². The van der Waals surface area contributed by atoms with Crippen molar-refractivity contribution in [2.75, 3.05) is 32.7 Å². The van der Waals surface area contributed by atoms with Crippen LogP contribution in [0.4, 0.5) is 5.69 Å². The van der Waals surface area contributed by atoms with Crippen molar-refractivity contribution >= 4 is 5.69 Å². The van der Waals surface area contributed by atoms with Gasteiger partial charge < -0.3 is 19.9 Å². The van der Waals surface area contributed by atoms with Crippen LogP contribution in [-0.2, 0) is 4.74 Å². The smallest absolute Gasteiger partial charge is 0.142 e. The fourth-order valence-corrected chi connectivity index (χ4v) is 1.24. The van der Waals surface area contributed by atoms with Gasteiger partial charge in [0.15, 0.2) is 0 Å². The molecule has 4 nitrogen and oxygen atoms in total. The number of ether oxygens (including phenoxy) is 3. The van der Waals surface area contributed by atoms with Gasteiger partial charge in [-0.2, -0.15) is 0 Å². The van der Waals surface area contributed by atoms with Gasteiger partial charge in [-0.3, -0.25) is 0 Å². The number of hydrogen-bond donors (Lipinski definition) is 1. The highest BCUT2D eigenvalue weighted by Crippen LogP contribution is 2.25. The van der Waals surface area contributed by atoms with Crippen molar-refractivity contribution in [3.63, 3.8) is 0 Å². The Morgan fingerprint density at radius 1 is 1.19 bits per heavy atom. The zero-order valence-corrected chi connectivity index (χ0v) is 9.86. The molecule has 0 aliphatic carbocycles.